The van der Waals surface area contributed by atoms with Crippen molar-refractivity contribution in [2.24, 2.45) is 11.8 Å². The first-order chi connectivity index (χ1) is 10.5. The van der Waals surface area contributed by atoms with Crippen LogP contribution < -0.4 is 0 Å². The lowest BCUT2D eigenvalue weighted by atomic mass is 9.87. The Bertz CT molecular complexity index is 496. The average molecular weight is 306 g/mol. The second kappa shape index (κ2) is 7.70. The molecule has 1 aliphatic heterocycles. The number of carbonyl (C=O) groups is 1. The van der Waals surface area contributed by atoms with Crippen molar-refractivity contribution in [2.75, 3.05) is 13.1 Å². The van der Waals surface area contributed by atoms with Crippen molar-refractivity contribution in [1.82, 2.24) is 9.88 Å². The topological polar surface area (TPSA) is 73.7 Å². The molecular formula is C17H26N2O3. The van der Waals surface area contributed by atoms with Gasteiger partial charge in [-0.1, -0.05) is 13.8 Å². The minimum Gasteiger partial charge on any atom is -0.393 e. The van der Waals surface area contributed by atoms with Gasteiger partial charge in [0, 0.05) is 19.3 Å². The van der Waals surface area contributed by atoms with Gasteiger partial charge in [0.05, 0.1) is 12.7 Å². The molecule has 1 atom stereocenters. The molecule has 122 valence electrons. The molecule has 5 heteroatoms. The van der Waals surface area contributed by atoms with Crippen molar-refractivity contribution in [3.63, 3.8) is 0 Å². The molecule has 5 nitrogen and oxygen atoms in total. The second-order valence-corrected chi connectivity index (χ2v) is 6.53. The van der Waals surface area contributed by atoms with E-state index in [0.29, 0.717) is 30.3 Å². The lowest BCUT2D eigenvalue weighted by Gasteiger charge is -2.34. The van der Waals surface area contributed by atoms with Crippen molar-refractivity contribution < 1.29 is 15.0 Å². The molecule has 2 rings (SSSR count). The Kier molecular flexibility index (Phi) is 5.91. The number of aliphatic hydroxyl groups excluding tert-OH is 2. The number of aliphatic hydroxyl groups is 2. The van der Waals surface area contributed by atoms with E-state index in [2.05, 4.69) is 18.8 Å². The summed E-state index contributed by atoms with van der Waals surface area (Å²) in [5.41, 5.74) is 1.08. The minimum absolute atomic E-state index is 0.0906. The first kappa shape index (κ1) is 16.9. The van der Waals surface area contributed by atoms with E-state index < -0.39 is 0 Å². The molecule has 0 spiro atoms. The maximum Gasteiger partial charge on any atom is 0.272 e. The molecule has 0 aliphatic carbocycles. The van der Waals surface area contributed by atoms with Gasteiger partial charge in [-0.15, -0.1) is 0 Å². The van der Waals surface area contributed by atoms with E-state index in [0.717, 1.165) is 19.3 Å². The highest BCUT2D eigenvalue weighted by molar-refractivity contribution is 5.92. The van der Waals surface area contributed by atoms with Gasteiger partial charge in [-0.05, 0) is 48.8 Å². The van der Waals surface area contributed by atoms with Gasteiger partial charge in [-0.2, -0.15) is 0 Å². The normalized spacial score (nSPS) is 17.8. The van der Waals surface area contributed by atoms with Gasteiger partial charge in [0.1, 0.15) is 5.69 Å². The summed E-state index contributed by atoms with van der Waals surface area (Å²) >= 11 is 0. The highest BCUT2D eigenvalue weighted by Crippen LogP contribution is 2.25. The highest BCUT2D eigenvalue weighted by atomic mass is 16.3. The first-order valence-electron chi connectivity index (χ1n) is 8.04. The van der Waals surface area contributed by atoms with E-state index in [4.69, 9.17) is 5.11 Å². The van der Waals surface area contributed by atoms with Gasteiger partial charge in [0.15, 0.2) is 0 Å². The SMILES string of the molecule is CC(C)C[C@H](O)C1CCN(C(=O)c2cc(CO)ccn2)CC1. The Balaban J connectivity index is 1.92. The van der Waals surface area contributed by atoms with Crippen molar-refractivity contribution in [3.05, 3.63) is 29.6 Å². The lowest BCUT2D eigenvalue weighted by Crippen LogP contribution is -2.41. The molecule has 2 N–H and O–H groups in total. The minimum atomic E-state index is -0.270. The third-order valence-electron chi connectivity index (χ3n) is 4.31. The van der Waals surface area contributed by atoms with Crippen LogP contribution in [0.2, 0.25) is 0 Å². The number of carbonyl (C=O) groups excluding carboxylic acids is 1. The van der Waals surface area contributed by atoms with E-state index in [1.807, 2.05) is 0 Å². The van der Waals surface area contributed by atoms with E-state index >= 15 is 0 Å². The molecule has 0 aromatic carbocycles. The number of aromatic nitrogens is 1. The zero-order chi connectivity index (χ0) is 16.1. The molecule has 1 aliphatic rings. The molecule has 0 radical (unpaired) electrons. The van der Waals surface area contributed by atoms with Gasteiger partial charge in [-0.25, -0.2) is 0 Å². The summed E-state index contributed by atoms with van der Waals surface area (Å²) in [7, 11) is 0. The third kappa shape index (κ3) is 4.27. The summed E-state index contributed by atoms with van der Waals surface area (Å²) in [4.78, 5) is 18.3. The molecule has 2 heterocycles. The fourth-order valence-corrected chi connectivity index (χ4v) is 3.01. The monoisotopic (exact) mass is 306 g/mol. The van der Waals surface area contributed by atoms with Gasteiger partial charge in [0.25, 0.3) is 5.91 Å². The Hall–Kier alpha value is -1.46. The summed E-state index contributed by atoms with van der Waals surface area (Å²) < 4.78 is 0. The van der Waals surface area contributed by atoms with Crippen LogP contribution in [-0.2, 0) is 6.61 Å². The first-order valence-corrected chi connectivity index (χ1v) is 8.04. The van der Waals surface area contributed by atoms with Crippen LogP contribution in [0, 0.1) is 11.8 Å². The molecule has 1 aromatic rings. The van der Waals surface area contributed by atoms with Crippen molar-refractivity contribution in [1.29, 1.82) is 0 Å². The van der Waals surface area contributed by atoms with Crippen molar-refractivity contribution >= 4 is 5.91 Å². The van der Waals surface area contributed by atoms with Crippen LogP contribution >= 0.6 is 0 Å². The number of nitrogens with zero attached hydrogens (tertiary/aromatic N) is 2. The van der Waals surface area contributed by atoms with Gasteiger partial charge in [-0.3, -0.25) is 9.78 Å². The predicted molar refractivity (Wildman–Crippen MR) is 84.2 cm³/mol. The Morgan fingerprint density at radius 3 is 2.68 bits per heavy atom. The second-order valence-electron chi connectivity index (χ2n) is 6.53. The summed E-state index contributed by atoms with van der Waals surface area (Å²) in [6.07, 6.45) is 3.77. The maximum atomic E-state index is 12.4. The third-order valence-corrected chi connectivity index (χ3v) is 4.31. The molecule has 0 bridgehead atoms. The molecule has 22 heavy (non-hydrogen) atoms. The zero-order valence-corrected chi connectivity index (χ0v) is 13.4. The number of piperidine rings is 1. The van der Waals surface area contributed by atoms with Crippen LogP contribution in [0.5, 0.6) is 0 Å². The maximum absolute atomic E-state index is 12.4. The molecule has 0 unspecified atom stereocenters. The molecular weight excluding hydrogens is 280 g/mol. The van der Waals surface area contributed by atoms with Gasteiger partial charge < -0.3 is 15.1 Å². The average Bonchev–Trinajstić information content (AvgIpc) is 2.53. The van der Waals surface area contributed by atoms with E-state index in [9.17, 15) is 9.90 Å². The van der Waals surface area contributed by atoms with E-state index in [-0.39, 0.29) is 24.5 Å². The lowest BCUT2D eigenvalue weighted by molar-refractivity contribution is 0.0382. The van der Waals surface area contributed by atoms with E-state index in [1.165, 1.54) is 0 Å². The van der Waals surface area contributed by atoms with Crippen LogP contribution in [0.1, 0.15) is 49.2 Å². The summed E-state index contributed by atoms with van der Waals surface area (Å²) in [6, 6.07) is 3.34. The Morgan fingerprint density at radius 1 is 1.41 bits per heavy atom. The number of rotatable bonds is 5. The van der Waals surface area contributed by atoms with Crippen molar-refractivity contribution in [3.8, 4) is 0 Å². The molecule has 0 saturated carbocycles. The fourth-order valence-electron chi connectivity index (χ4n) is 3.01. The highest BCUT2D eigenvalue weighted by Gasteiger charge is 2.28. The number of amides is 1. The van der Waals surface area contributed by atoms with Gasteiger partial charge in [0.2, 0.25) is 0 Å². The van der Waals surface area contributed by atoms with Crippen LogP contribution in [0.4, 0.5) is 0 Å². The fraction of sp³-hybridized carbons (Fsp3) is 0.647. The van der Waals surface area contributed by atoms with Crippen LogP contribution in [0.3, 0.4) is 0 Å². The molecule has 1 fully saturated rings. The van der Waals surface area contributed by atoms with Crippen molar-refractivity contribution in [2.45, 2.75) is 45.8 Å². The number of hydrogen-bond donors (Lipinski definition) is 2. The smallest absolute Gasteiger partial charge is 0.272 e. The largest absolute Gasteiger partial charge is 0.393 e. The summed E-state index contributed by atoms with van der Waals surface area (Å²) in [5, 5.41) is 19.4. The van der Waals surface area contributed by atoms with E-state index in [1.54, 1.807) is 23.2 Å². The molecule has 1 saturated heterocycles. The molecule has 1 amide bonds. The van der Waals surface area contributed by atoms with Gasteiger partial charge >= 0.3 is 0 Å². The van der Waals surface area contributed by atoms with Crippen LogP contribution in [0.25, 0.3) is 0 Å². The number of pyridine rings is 1. The Morgan fingerprint density at radius 2 is 2.09 bits per heavy atom. The Labute approximate surface area is 132 Å². The van der Waals surface area contributed by atoms with Crippen LogP contribution in [0.15, 0.2) is 18.3 Å². The number of likely N-dealkylation sites (tertiary alicyclic amines) is 1. The quantitative estimate of drug-likeness (QED) is 0.870. The molecule has 1 aromatic heterocycles. The standard InChI is InChI=1S/C17H26N2O3/c1-12(2)9-16(21)14-4-7-19(8-5-14)17(22)15-10-13(11-20)3-6-18-15/h3,6,10,12,14,16,20-21H,4-5,7-9,11H2,1-2H3/t16-/m0/s1. The summed E-state index contributed by atoms with van der Waals surface area (Å²) in [5.74, 6) is 0.676. The zero-order valence-electron chi connectivity index (χ0n) is 13.4. The number of hydrogen-bond acceptors (Lipinski definition) is 4. The predicted octanol–water partition coefficient (Wildman–Crippen LogP) is 1.83. The summed E-state index contributed by atoms with van der Waals surface area (Å²) in [6.45, 7) is 5.45. The van der Waals surface area contributed by atoms with Crippen LogP contribution in [-0.4, -0.2) is 45.2 Å².